The lowest BCUT2D eigenvalue weighted by Gasteiger charge is -2.34. The number of amides is 1. The Kier molecular flexibility index (Phi) is 3.70. The van der Waals surface area contributed by atoms with Crippen LogP contribution in [0.3, 0.4) is 0 Å². The van der Waals surface area contributed by atoms with Gasteiger partial charge in [-0.15, -0.1) is 11.3 Å². The molecule has 0 atom stereocenters. The molecule has 1 aliphatic rings. The Hall–Kier alpha value is -2.41. The summed E-state index contributed by atoms with van der Waals surface area (Å²) in [5, 5.41) is 3.02. The molecular formula is C16H17N5OS. The fourth-order valence-corrected chi connectivity index (χ4v) is 3.56. The SMILES string of the molecule is O=C(Cc1cn2ccccc2n1)N1CCN(c2nccs2)CC1. The highest BCUT2D eigenvalue weighted by Gasteiger charge is 2.22. The molecule has 4 rings (SSSR count). The van der Waals surface area contributed by atoms with Crippen molar-refractivity contribution in [1.82, 2.24) is 19.3 Å². The molecule has 0 aromatic carbocycles. The molecule has 7 heteroatoms. The molecule has 4 heterocycles. The molecule has 3 aromatic heterocycles. The van der Waals surface area contributed by atoms with Crippen LogP contribution in [0.25, 0.3) is 5.65 Å². The van der Waals surface area contributed by atoms with Crippen molar-refractivity contribution in [2.45, 2.75) is 6.42 Å². The van der Waals surface area contributed by atoms with Gasteiger partial charge in [-0.2, -0.15) is 0 Å². The summed E-state index contributed by atoms with van der Waals surface area (Å²) in [6.45, 7) is 3.16. The molecule has 1 fully saturated rings. The standard InChI is InChI=1S/C16H17N5OS/c22-15(11-13-12-21-5-2-1-3-14(21)18-13)19-6-8-20(9-7-19)16-17-4-10-23-16/h1-5,10,12H,6-9,11H2. The van der Waals surface area contributed by atoms with E-state index in [1.165, 1.54) is 0 Å². The highest BCUT2D eigenvalue weighted by atomic mass is 32.1. The van der Waals surface area contributed by atoms with Crippen LogP contribution in [-0.2, 0) is 11.2 Å². The van der Waals surface area contributed by atoms with E-state index in [9.17, 15) is 4.79 Å². The number of aromatic nitrogens is 3. The quantitative estimate of drug-likeness (QED) is 0.734. The molecule has 6 nitrogen and oxygen atoms in total. The Morgan fingerprint density at radius 2 is 2.09 bits per heavy atom. The van der Waals surface area contributed by atoms with E-state index >= 15 is 0 Å². The third-order valence-corrected chi connectivity index (χ3v) is 4.90. The van der Waals surface area contributed by atoms with Crippen LogP contribution in [0.4, 0.5) is 5.13 Å². The molecule has 1 saturated heterocycles. The summed E-state index contributed by atoms with van der Waals surface area (Å²) in [4.78, 5) is 25.5. The van der Waals surface area contributed by atoms with E-state index in [1.807, 2.05) is 51.5 Å². The Morgan fingerprint density at radius 1 is 1.22 bits per heavy atom. The maximum atomic E-state index is 12.5. The number of nitrogens with zero attached hydrogens (tertiary/aromatic N) is 5. The second kappa shape index (κ2) is 6.00. The van der Waals surface area contributed by atoms with Crippen molar-refractivity contribution < 1.29 is 4.79 Å². The molecule has 118 valence electrons. The maximum Gasteiger partial charge on any atom is 0.228 e. The molecule has 0 spiro atoms. The van der Waals surface area contributed by atoms with Crippen molar-refractivity contribution >= 4 is 28.0 Å². The molecule has 0 unspecified atom stereocenters. The van der Waals surface area contributed by atoms with Gasteiger partial charge in [-0.25, -0.2) is 9.97 Å². The molecule has 0 aliphatic carbocycles. The first kappa shape index (κ1) is 14.2. The van der Waals surface area contributed by atoms with Crippen LogP contribution in [0, 0.1) is 0 Å². The molecule has 23 heavy (non-hydrogen) atoms. The smallest absolute Gasteiger partial charge is 0.228 e. The lowest BCUT2D eigenvalue weighted by Crippen LogP contribution is -2.49. The van der Waals surface area contributed by atoms with Crippen LogP contribution >= 0.6 is 11.3 Å². The Bertz CT molecular complexity index is 772. The molecular weight excluding hydrogens is 310 g/mol. The maximum absolute atomic E-state index is 12.5. The summed E-state index contributed by atoms with van der Waals surface area (Å²) in [7, 11) is 0. The van der Waals surface area contributed by atoms with Gasteiger partial charge in [0.05, 0.1) is 12.1 Å². The average Bonchev–Trinajstić information content (AvgIpc) is 3.24. The van der Waals surface area contributed by atoms with Crippen LogP contribution in [0.5, 0.6) is 0 Å². The predicted molar refractivity (Wildman–Crippen MR) is 89.8 cm³/mol. The minimum Gasteiger partial charge on any atom is -0.345 e. The van der Waals surface area contributed by atoms with Gasteiger partial charge in [0.15, 0.2) is 5.13 Å². The van der Waals surface area contributed by atoms with Crippen LogP contribution in [0.1, 0.15) is 5.69 Å². The molecule has 1 aliphatic heterocycles. The normalized spacial score (nSPS) is 15.3. The molecule has 0 bridgehead atoms. The number of rotatable bonds is 3. The van der Waals surface area contributed by atoms with E-state index in [2.05, 4.69) is 14.9 Å². The molecule has 3 aromatic rings. The van der Waals surface area contributed by atoms with E-state index in [0.29, 0.717) is 6.42 Å². The van der Waals surface area contributed by atoms with Gasteiger partial charge in [0.2, 0.25) is 5.91 Å². The van der Waals surface area contributed by atoms with Crippen molar-refractivity contribution in [2.75, 3.05) is 31.1 Å². The fourth-order valence-electron chi connectivity index (χ4n) is 2.86. The minimum atomic E-state index is 0.146. The number of piperazine rings is 1. The number of hydrogen-bond acceptors (Lipinski definition) is 5. The summed E-state index contributed by atoms with van der Waals surface area (Å²) in [6.07, 6.45) is 6.06. The molecule has 0 saturated carbocycles. The van der Waals surface area contributed by atoms with Crippen LogP contribution < -0.4 is 4.90 Å². The van der Waals surface area contributed by atoms with Gasteiger partial charge in [0.1, 0.15) is 5.65 Å². The van der Waals surface area contributed by atoms with Crippen molar-refractivity contribution in [2.24, 2.45) is 0 Å². The number of anilines is 1. The van der Waals surface area contributed by atoms with E-state index < -0.39 is 0 Å². The van der Waals surface area contributed by atoms with Gasteiger partial charge in [0.25, 0.3) is 0 Å². The van der Waals surface area contributed by atoms with Gasteiger partial charge >= 0.3 is 0 Å². The second-order valence-electron chi connectivity index (χ2n) is 5.56. The zero-order chi connectivity index (χ0) is 15.6. The van der Waals surface area contributed by atoms with Gasteiger partial charge < -0.3 is 14.2 Å². The number of imidazole rings is 1. The van der Waals surface area contributed by atoms with E-state index in [-0.39, 0.29) is 5.91 Å². The highest BCUT2D eigenvalue weighted by Crippen LogP contribution is 2.19. The average molecular weight is 327 g/mol. The first-order chi connectivity index (χ1) is 11.3. The van der Waals surface area contributed by atoms with E-state index in [0.717, 1.165) is 42.7 Å². The molecule has 0 radical (unpaired) electrons. The van der Waals surface area contributed by atoms with Crippen molar-refractivity contribution in [3.05, 3.63) is 47.9 Å². The van der Waals surface area contributed by atoms with Gasteiger partial charge in [0, 0.05) is 50.1 Å². The minimum absolute atomic E-state index is 0.146. The van der Waals surface area contributed by atoms with Crippen LogP contribution in [0.15, 0.2) is 42.2 Å². The third kappa shape index (κ3) is 2.92. The number of pyridine rings is 1. The Labute approximate surface area is 138 Å². The van der Waals surface area contributed by atoms with Gasteiger partial charge in [-0.3, -0.25) is 4.79 Å². The molecule has 0 N–H and O–H groups in total. The van der Waals surface area contributed by atoms with E-state index in [1.54, 1.807) is 11.3 Å². The largest absolute Gasteiger partial charge is 0.345 e. The van der Waals surface area contributed by atoms with Crippen LogP contribution in [0.2, 0.25) is 0 Å². The third-order valence-electron chi connectivity index (χ3n) is 4.07. The van der Waals surface area contributed by atoms with Crippen molar-refractivity contribution in [3.63, 3.8) is 0 Å². The molecule has 1 amide bonds. The lowest BCUT2D eigenvalue weighted by atomic mass is 10.2. The van der Waals surface area contributed by atoms with Crippen LogP contribution in [-0.4, -0.2) is 51.4 Å². The first-order valence-electron chi connectivity index (χ1n) is 7.64. The van der Waals surface area contributed by atoms with E-state index in [4.69, 9.17) is 0 Å². The summed E-state index contributed by atoms with van der Waals surface area (Å²) < 4.78 is 1.95. The van der Waals surface area contributed by atoms with Gasteiger partial charge in [-0.1, -0.05) is 6.07 Å². The monoisotopic (exact) mass is 327 g/mol. The summed E-state index contributed by atoms with van der Waals surface area (Å²) in [5.41, 5.74) is 1.70. The predicted octanol–water partition coefficient (Wildman–Crippen LogP) is 1.68. The summed E-state index contributed by atoms with van der Waals surface area (Å²) >= 11 is 1.64. The Balaban J connectivity index is 1.38. The fraction of sp³-hybridized carbons (Fsp3) is 0.312. The summed E-state index contributed by atoms with van der Waals surface area (Å²) in [5.74, 6) is 0.146. The number of carbonyl (C=O) groups excluding carboxylic acids is 1. The lowest BCUT2D eigenvalue weighted by molar-refractivity contribution is -0.130. The first-order valence-corrected chi connectivity index (χ1v) is 8.52. The van der Waals surface area contributed by atoms with Crippen molar-refractivity contribution in [3.8, 4) is 0 Å². The zero-order valence-corrected chi connectivity index (χ0v) is 13.4. The zero-order valence-electron chi connectivity index (χ0n) is 12.6. The summed E-state index contributed by atoms with van der Waals surface area (Å²) in [6, 6.07) is 5.85. The number of thiazole rings is 1. The van der Waals surface area contributed by atoms with Crippen molar-refractivity contribution in [1.29, 1.82) is 0 Å². The van der Waals surface area contributed by atoms with Gasteiger partial charge in [-0.05, 0) is 12.1 Å². The second-order valence-corrected chi connectivity index (χ2v) is 6.43. The highest BCUT2D eigenvalue weighted by molar-refractivity contribution is 7.13. The number of fused-ring (bicyclic) bond motifs is 1. The number of hydrogen-bond donors (Lipinski definition) is 0. The Morgan fingerprint density at radius 3 is 2.83 bits per heavy atom. The number of carbonyl (C=O) groups is 1. The topological polar surface area (TPSA) is 53.7 Å².